The lowest BCUT2D eigenvalue weighted by molar-refractivity contribution is -0.136. The maximum Gasteiger partial charge on any atom is 0.264 e. The van der Waals surface area contributed by atoms with E-state index in [1.807, 2.05) is 60.7 Å². The van der Waals surface area contributed by atoms with E-state index >= 15 is 0 Å². The summed E-state index contributed by atoms with van der Waals surface area (Å²) in [6.07, 6.45) is 2.04. The molecule has 15 nitrogen and oxygen atoms in total. The smallest absolute Gasteiger partial charge is 0.264 e. The van der Waals surface area contributed by atoms with E-state index in [0.29, 0.717) is 35.3 Å². The average molecular weight is 781 g/mol. The molecule has 15 heteroatoms. The average Bonchev–Trinajstić information content (AvgIpc) is 3.49. The molecule has 3 heterocycles. The Kier molecular flexibility index (Phi) is 11.2. The molecule has 0 bridgehead atoms. The second kappa shape index (κ2) is 16.8. The summed E-state index contributed by atoms with van der Waals surface area (Å²) in [7, 11) is 1.57. The van der Waals surface area contributed by atoms with Gasteiger partial charge in [0.15, 0.2) is 0 Å². The molecule has 7 rings (SSSR count). The van der Waals surface area contributed by atoms with E-state index in [9.17, 15) is 33.6 Å². The first-order valence-corrected chi connectivity index (χ1v) is 18.8. The first-order chi connectivity index (χ1) is 28.0. The van der Waals surface area contributed by atoms with E-state index in [1.165, 1.54) is 6.07 Å². The fourth-order valence-corrected chi connectivity index (χ4v) is 6.98. The lowest BCUT2D eigenvalue weighted by atomic mass is 9.99. The molecule has 1 saturated heterocycles. The van der Waals surface area contributed by atoms with Gasteiger partial charge in [0.1, 0.15) is 12.1 Å². The molecule has 6 N–H and O–H groups in total. The van der Waals surface area contributed by atoms with Gasteiger partial charge in [0, 0.05) is 55.1 Å². The Morgan fingerprint density at radius 2 is 1.59 bits per heavy atom. The van der Waals surface area contributed by atoms with Gasteiger partial charge in [-0.1, -0.05) is 42.5 Å². The van der Waals surface area contributed by atoms with Crippen LogP contribution in [0.5, 0.6) is 0 Å². The number of para-hydroxylation sites is 1. The molecule has 294 valence electrons. The largest absolute Gasteiger partial charge is 0.373 e. The molecule has 2 atom stereocenters. The Hall–Kier alpha value is -7.42. The van der Waals surface area contributed by atoms with Crippen LogP contribution in [0.1, 0.15) is 67.6 Å². The molecule has 58 heavy (non-hydrogen) atoms. The van der Waals surface area contributed by atoms with Gasteiger partial charge in [-0.25, -0.2) is 0 Å². The fraction of sp³-hybridized carbons (Fsp3) is 0.209. The van der Waals surface area contributed by atoms with Crippen molar-refractivity contribution in [1.29, 1.82) is 0 Å². The Labute approximate surface area is 333 Å². The zero-order valence-corrected chi connectivity index (χ0v) is 31.7. The number of amides is 7. The van der Waals surface area contributed by atoms with E-state index < -0.39 is 35.7 Å². The van der Waals surface area contributed by atoms with Crippen LogP contribution in [0.25, 0.3) is 22.0 Å². The monoisotopic (exact) mass is 780 g/mol. The molecule has 2 unspecified atom stereocenters. The molecule has 0 aliphatic carbocycles. The number of nitrogens with one attached hydrogen (secondary N) is 6. The van der Waals surface area contributed by atoms with Crippen molar-refractivity contribution in [3.05, 3.63) is 119 Å². The third kappa shape index (κ3) is 7.95. The summed E-state index contributed by atoms with van der Waals surface area (Å²) in [5, 5.41) is 17.7. The molecule has 2 aliphatic rings. The Bertz CT molecular complexity index is 2470. The van der Waals surface area contributed by atoms with Crippen molar-refractivity contribution >= 4 is 69.3 Å². The lowest BCUT2D eigenvalue weighted by Gasteiger charge is -2.27. The van der Waals surface area contributed by atoms with Crippen molar-refractivity contribution < 1.29 is 33.6 Å². The zero-order valence-electron chi connectivity index (χ0n) is 31.7. The van der Waals surface area contributed by atoms with Crippen molar-refractivity contribution in [3.63, 3.8) is 0 Å². The van der Waals surface area contributed by atoms with Gasteiger partial charge < -0.3 is 26.6 Å². The number of piperidine rings is 1. The summed E-state index contributed by atoms with van der Waals surface area (Å²) >= 11 is 0. The van der Waals surface area contributed by atoms with Crippen LogP contribution in [0.4, 0.5) is 17.1 Å². The van der Waals surface area contributed by atoms with Crippen LogP contribution in [0, 0.1) is 0 Å². The van der Waals surface area contributed by atoms with Gasteiger partial charge in [0.25, 0.3) is 23.6 Å². The highest BCUT2D eigenvalue weighted by molar-refractivity contribution is 6.25. The number of benzene rings is 4. The number of carbonyl (C=O) groups excluding carboxylic acids is 7. The van der Waals surface area contributed by atoms with Crippen LogP contribution < -0.4 is 31.9 Å². The van der Waals surface area contributed by atoms with Crippen LogP contribution in [0.3, 0.4) is 0 Å². The minimum absolute atomic E-state index is 0.00808. The molecule has 5 aromatic rings. The lowest BCUT2D eigenvalue weighted by Crippen LogP contribution is -2.54. The normalized spacial score (nSPS) is 15.3. The van der Waals surface area contributed by atoms with Crippen molar-refractivity contribution in [1.82, 2.24) is 31.2 Å². The van der Waals surface area contributed by atoms with Crippen molar-refractivity contribution in [3.8, 4) is 11.1 Å². The third-order valence-corrected chi connectivity index (χ3v) is 10.0. The maximum absolute atomic E-state index is 13.4. The summed E-state index contributed by atoms with van der Waals surface area (Å²) in [5.41, 5.74) is 5.19. The highest BCUT2D eigenvalue weighted by atomic mass is 16.2. The molecule has 2 aliphatic heterocycles. The van der Waals surface area contributed by atoms with Crippen LogP contribution in [0.15, 0.2) is 97.2 Å². The number of rotatable bonds is 13. The number of hydrogen-bond donors (Lipinski definition) is 6. The molecule has 1 aromatic heterocycles. The van der Waals surface area contributed by atoms with E-state index in [4.69, 9.17) is 0 Å². The predicted molar refractivity (Wildman–Crippen MR) is 216 cm³/mol. The van der Waals surface area contributed by atoms with Crippen molar-refractivity contribution in [2.75, 3.05) is 30.8 Å². The zero-order chi connectivity index (χ0) is 40.9. The van der Waals surface area contributed by atoms with Crippen molar-refractivity contribution in [2.24, 2.45) is 0 Å². The highest BCUT2D eigenvalue weighted by Gasteiger charge is 2.45. The van der Waals surface area contributed by atoms with Gasteiger partial charge in [-0.2, -0.15) is 0 Å². The van der Waals surface area contributed by atoms with Gasteiger partial charge in [-0.05, 0) is 79.4 Å². The molecular formula is C43H40N8O7. The number of aromatic nitrogens is 1. The number of pyridine rings is 1. The minimum Gasteiger partial charge on any atom is -0.373 e. The first kappa shape index (κ1) is 38.8. The first-order valence-electron chi connectivity index (χ1n) is 18.8. The van der Waals surface area contributed by atoms with Gasteiger partial charge in [0.05, 0.1) is 27.9 Å². The third-order valence-electron chi connectivity index (χ3n) is 10.0. The maximum atomic E-state index is 13.4. The van der Waals surface area contributed by atoms with Gasteiger partial charge >= 0.3 is 0 Å². The van der Waals surface area contributed by atoms with Gasteiger partial charge in [-0.15, -0.1) is 0 Å². The van der Waals surface area contributed by atoms with Crippen LogP contribution in [0.2, 0.25) is 0 Å². The Morgan fingerprint density at radius 1 is 0.845 bits per heavy atom. The molecule has 0 radical (unpaired) electrons. The molecule has 0 saturated carbocycles. The summed E-state index contributed by atoms with van der Waals surface area (Å²) < 4.78 is 0. The summed E-state index contributed by atoms with van der Waals surface area (Å²) in [6.45, 7) is 2.16. The standard InChI is InChI=1S/C43H40N8O7/c1-24(48-33-11-6-10-29-36(33)43(58)51(42(29)57)34-18-19-35(52)50-41(34)56)38(53)45-20-7-21-46-39(54)26-14-12-25(13-15-26)27-16-17-32-30(22-27)37(31(23-47-32)40(55)44-2)49-28-8-4-3-5-9-28/h3-6,8-17,22-24,34,48H,7,18-21H2,1-2H3,(H,44,55)(H,45,53)(H,46,54)(H,47,49)(H,50,52,56). The molecule has 1 fully saturated rings. The fourth-order valence-electron chi connectivity index (χ4n) is 6.98. The molecule has 7 amide bonds. The Balaban J connectivity index is 0.919. The summed E-state index contributed by atoms with van der Waals surface area (Å²) in [5.74, 6) is -3.39. The SMILES string of the molecule is CNC(=O)c1cnc2ccc(-c3ccc(C(=O)NCCCNC(=O)C(C)Nc4cccc5c4C(=O)N(C4CCC(=O)NC4=O)C5=O)cc3)cc2c1Nc1ccccc1. The van der Waals surface area contributed by atoms with Crippen molar-refractivity contribution in [2.45, 2.75) is 38.3 Å². The van der Waals surface area contributed by atoms with E-state index in [2.05, 4.69) is 36.9 Å². The minimum atomic E-state index is -1.10. The number of nitrogens with zero attached hydrogens (tertiary/aromatic N) is 2. The number of imide groups is 2. The summed E-state index contributed by atoms with van der Waals surface area (Å²) in [6, 6.07) is 25.2. The van der Waals surface area contributed by atoms with E-state index in [0.717, 1.165) is 27.1 Å². The van der Waals surface area contributed by atoms with Crippen LogP contribution in [-0.2, 0) is 14.4 Å². The number of fused-ring (bicyclic) bond motifs is 2. The molecular weight excluding hydrogens is 741 g/mol. The predicted octanol–water partition coefficient (Wildman–Crippen LogP) is 4.14. The van der Waals surface area contributed by atoms with Gasteiger partial charge in [-0.3, -0.25) is 48.8 Å². The van der Waals surface area contributed by atoms with Crippen LogP contribution in [-0.4, -0.2) is 83.5 Å². The topological polar surface area (TPSA) is 208 Å². The summed E-state index contributed by atoms with van der Waals surface area (Å²) in [4.78, 5) is 94.7. The number of carbonyl (C=O) groups is 7. The van der Waals surface area contributed by atoms with E-state index in [-0.39, 0.29) is 53.9 Å². The van der Waals surface area contributed by atoms with E-state index in [1.54, 1.807) is 44.4 Å². The van der Waals surface area contributed by atoms with Crippen LogP contribution >= 0.6 is 0 Å². The second-order valence-electron chi connectivity index (χ2n) is 13.9. The Morgan fingerprint density at radius 3 is 2.33 bits per heavy atom. The quantitative estimate of drug-likeness (QED) is 0.0744. The number of hydrogen-bond acceptors (Lipinski definition) is 10. The molecule has 0 spiro atoms. The highest BCUT2D eigenvalue weighted by Crippen LogP contribution is 2.34. The number of anilines is 3. The molecule has 4 aromatic carbocycles. The second-order valence-corrected chi connectivity index (χ2v) is 13.9. The van der Waals surface area contributed by atoms with Gasteiger partial charge in [0.2, 0.25) is 17.7 Å².